The molecular weight excluding hydrogens is 204 g/mol. The van der Waals surface area contributed by atoms with E-state index in [1.807, 2.05) is 6.07 Å². The van der Waals surface area contributed by atoms with Gasteiger partial charge in [0.1, 0.15) is 5.02 Å². The fourth-order valence-electron chi connectivity index (χ4n) is 0.908. The van der Waals surface area contributed by atoms with Gasteiger partial charge in [-0.2, -0.15) is 5.26 Å². The second-order valence-corrected chi connectivity index (χ2v) is 2.84. The van der Waals surface area contributed by atoms with Gasteiger partial charge in [-0.15, -0.1) is 0 Å². The summed E-state index contributed by atoms with van der Waals surface area (Å²) < 4.78 is 0. The molecule has 1 aromatic rings. The van der Waals surface area contributed by atoms with Crippen LogP contribution in [0.2, 0.25) is 5.02 Å². The summed E-state index contributed by atoms with van der Waals surface area (Å²) in [5, 5.41) is 18.7. The molecule has 0 aliphatic carbocycles. The molecule has 1 rings (SSSR count). The van der Waals surface area contributed by atoms with Crippen molar-refractivity contribution >= 4 is 23.4 Å². The van der Waals surface area contributed by atoms with Crippen LogP contribution in [0.4, 0.5) is 5.69 Å². The summed E-state index contributed by atoms with van der Waals surface area (Å²) in [5.41, 5.74) is 0.517. The molecule has 4 nitrogen and oxygen atoms in total. The van der Waals surface area contributed by atoms with Crippen LogP contribution in [0.3, 0.4) is 0 Å². The number of hydrogen-bond donors (Lipinski definition) is 0. The van der Waals surface area contributed by atoms with Crippen molar-refractivity contribution in [1.82, 2.24) is 0 Å². The zero-order chi connectivity index (χ0) is 10.6. The van der Waals surface area contributed by atoms with Crippen molar-refractivity contribution in [3.8, 4) is 6.07 Å². The minimum absolute atomic E-state index is 0.0649. The number of rotatable bonds is 2. The summed E-state index contributed by atoms with van der Waals surface area (Å²) in [6.07, 6.45) is 2.80. The first-order valence-corrected chi connectivity index (χ1v) is 4.03. The predicted octanol–water partition coefficient (Wildman–Crippen LogP) is 2.78. The van der Waals surface area contributed by atoms with E-state index in [9.17, 15) is 10.1 Å². The molecule has 0 aliphatic heterocycles. The SMILES string of the molecule is N#C/C=C/c1ccc([N+](=O)[O-])c(Cl)c1. The molecule has 0 radical (unpaired) electrons. The Morgan fingerprint density at radius 1 is 1.57 bits per heavy atom. The maximum atomic E-state index is 10.4. The summed E-state index contributed by atoms with van der Waals surface area (Å²) in [6, 6.07) is 6.08. The first-order chi connectivity index (χ1) is 6.65. The fourth-order valence-corrected chi connectivity index (χ4v) is 1.17. The van der Waals surface area contributed by atoms with Crippen molar-refractivity contribution in [1.29, 1.82) is 5.26 Å². The van der Waals surface area contributed by atoms with E-state index in [2.05, 4.69) is 0 Å². The third-order valence-corrected chi connectivity index (χ3v) is 1.82. The maximum Gasteiger partial charge on any atom is 0.287 e. The van der Waals surface area contributed by atoms with Crippen LogP contribution < -0.4 is 0 Å². The van der Waals surface area contributed by atoms with Gasteiger partial charge >= 0.3 is 0 Å². The van der Waals surface area contributed by atoms with E-state index in [-0.39, 0.29) is 10.7 Å². The lowest BCUT2D eigenvalue weighted by atomic mass is 10.2. The molecule has 1 aromatic carbocycles. The van der Waals surface area contributed by atoms with E-state index < -0.39 is 4.92 Å². The van der Waals surface area contributed by atoms with Gasteiger partial charge < -0.3 is 0 Å². The molecule has 0 atom stereocenters. The molecule has 0 saturated heterocycles. The van der Waals surface area contributed by atoms with Crippen LogP contribution in [0.15, 0.2) is 24.3 Å². The summed E-state index contributed by atoms with van der Waals surface area (Å²) in [5.74, 6) is 0. The minimum Gasteiger partial charge on any atom is -0.258 e. The van der Waals surface area contributed by atoms with Gasteiger partial charge in [0.25, 0.3) is 5.69 Å². The Balaban J connectivity index is 3.08. The Morgan fingerprint density at radius 3 is 2.79 bits per heavy atom. The Kier molecular flexibility index (Phi) is 3.21. The summed E-state index contributed by atoms with van der Waals surface area (Å²) in [6.45, 7) is 0. The molecule has 5 heteroatoms. The lowest BCUT2D eigenvalue weighted by Crippen LogP contribution is -1.88. The Hall–Kier alpha value is -1.86. The lowest BCUT2D eigenvalue weighted by molar-refractivity contribution is -0.384. The molecule has 0 fully saturated rings. The number of allylic oxidation sites excluding steroid dienone is 1. The van der Waals surface area contributed by atoms with Crippen LogP contribution in [0.1, 0.15) is 5.56 Å². The fraction of sp³-hybridized carbons (Fsp3) is 0. The van der Waals surface area contributed by atoms with Gasteiger partial charge in [-0.25, -0.2) is 0 Å². The molecule has 0 aliphatic rings. The van der Waals surface area contributed by atoms with Gasteiger partial charge in [-0.3, -0.25) is 10.1 Å². The van der Waals surface area contributed by atoms with Gasteiger partial charge in [0, 0.05) is 12.1 Å². The highest BCUT2D eigenvalue weighted by atomic mass is 35.5. The van der Waals surface area contributed by atoms with Crippen molar-refractivity contribution in [2.75, 3.05) is 0 Å². The van der Waals surface area contributed by atoms with E-state index in [1.54, 1.807) is 0 Å². The average Bonchev–Trinajstić information content (AvgIpc) is 2.14. The van der Waals surface area contributed by atoms with Crippen molar-refractivity contribution in [2.24, 2.45) is 0 Å². The molecule has 0 spiro atoms. The number of nitrogens with zero attached hydrogens (tertiary/aromatic N) is 2. The Labute approximate surface area is 85.2 Å². The van der Waals surface area contributed by atoms with Crippen LogP contribution in [0.25, 0.3) is 6.08 Å². The first kappa shape index (κ1) is 10.2. The molecule has 0 N–H and O–H groups in total. The monoisotopic (exact) mass is 208 g/mol. The van der Waals surface area contributed by atoms with Crippen molar-refractivity contribution in [3.63, 3.8) is 0 Å². The maximum absolute atomic E-state index is 10.4. The summed E-state index contributed by atoms with van der Waals surface area (Å²) >= 11 is 5.64. The van der Waals surface area contributed by atoms with Crippen molar-refractivity contribution in [3.05, 3.63) is 45.0 Å². The van der Waals surface area contributed by atoms with Gasteiger partial charge in [0.05, 0.1) is 11.0 Å². The zero-order valence-electron chi connectivity index (χ0n) is 6.98. The van der Waals surface area contributed by atoms with Gasteiger partial charge in [-0.1, -0.05) is 11.6 Å². The van der Waals surface area contributed by atoms with Crippen LogP contribution >= 0.6 is 11.6 Å². The third-order valence-electron chi connectivity index (χ3n) is 1.52. The number of benzene rings is 1. The Morgan fingerprint density at radius 2 is 2.29 bits per heavy atom. The molecule has 0 aromatic heterocycles. The Bertz CT molecular complexity index is 435. The quantitative estimate of drug-likeness (QED) is 0.426. The second-order valence-electron chi connectivity index (χ2n) is 2.43. The average molecular weight is 209 g/mol. The van der Waals surface area contributed by atoms with Crippen LogP contribution in [0.5, 0.6) is 0 Å². The molecule has 0 saturated carbocycles. The van der Waals surface area contributed by atoms with Crippen LogP contribution in [0, 0.1) is 21.4 Å². The highest BCUT2D eigenvalue weighted by Crippen LogP contribution is 2.25. The molecule has 70 valence electrons. The number of halogens is 1. The number of nitriles is 1. The zero-order valence-corrected chi connectivity index (χ0v) is 7.73. The van der Waals surface area contributed by atoms with Gasteiger partial charge in [0.2, 0.25) is 0 Å². The standard InChI is InChI=1S/C9H5ClN2O2/c10-8-6-7(2-1-5-11)3-4-9(8)12(13)14/h1-4,6H/b2-1+. The van der Waals surface area contributed by atoms with E-state index in [4.69, 9.17) is 16.9 Å². The summed E-state index contributed by atoms with van der Waals surface area (Å²) in [7, 11) is 0. The minimum atomic E-state index is -0.555. The van der Waals surface area contributed by atoms with E-state index in [0.29, 0.717) is 5.56 Å². The lowest BCUT2D eigenvalue weighted by Gasteiger charge is -1.96. The van der Waals surface area contributed by atoms with E-state index in [0.717, 1.165) is 0 Å². The number of nitro groups is 1. The van der Waals surface area contributed by atoms with Crippen molar-refractivity contribution in [2.45, 2.75) is 0 Å². The van der Waals surface area contributed by atoms with Crippen molar-refractivity contribution < 1.29 is 4.92 Å². The van der Waals surface area contributed by atoms with Gasteiger partial charge in [0.15, 0.2) is 0 Å². The first-order valence-electron chi connectivity index (χ1n) is 3.65. The number of hydrogen-bond acceptors (Lipinski definition) is 3. The highest BCUT2D eigenvalue weighted by Gasteiger charge is 2.10. The molecule has 14 heavy (non-hydrogen) atoms. The smallest absolute Gasteiger partial charge is 0.258 e. The molecular formula is C9H5ClN2O2. The summed E-state index contributed by atoms with van der Waals surface area (Å²) in [4.78, 5) is 9.84. The molecule has 0 bridgehead atoms. The molecule has 0 amide bonds. The normalized spacial score (nSPS) is 10.0. The molecule has 0 heterocycles. The third kappa shape index (κ3) is 2.31. The predicted molar refractivity (Wildman–Crippen MR) is 52.8 cm³/mol. The second kappa shape index (κ2) is 4.40. The van der Waals surface area contributed by atoms with Crippen LogP contribution in [-0.4, -0.2) is 4.92 Å². The molecule has 0 unspecified atom stereocenters. The topological polar surface area (TPSA) is 66.9 Å². The highest BCUT2D eigenvalue weighted by molar-refractivity contribution is 6.32. The number of nitro benzene ring substituents is 1. The largest absolute Gasteiger partial charge is 0.287 e. The van der Waals surface area contributed by atoms with E-state index in [1.165, 1.54) is 30.4 Å². The van der Waals surface area contributed by atoms with Gasteiger partial charge in [-0.05, 0) is 23.8 Å². The van der Waals surface area contributed by atoms with E-state index >= 15 is 0 Å². The van der Waals surface area contributed by atoms with Crippen LogP contribution in [-0.2, 0) is 0 Å².